The predicted molar refractivity (Wildman–Crippen MR) is 150 cm³/mol. The van der Waals surface area contributed by atoms with Crippen molar-refractivity contribution in [3.8, 4) is 33.4 Å². The van der Waals surface area contributed by atoms with Crippen LogP contribution in [-0.2, 0) is 0 Å². The molecule has 35 heavy (non-hydrogen) atoms. The summed E-state index contributed by atoms with van der Waals surface area (Å²) in [5, 5.41) is 6.13. The molecule has 0 saturated carbocycles. The smallest absolute Gasteiger partial charge is 0.0390 e. The van der Waals surface area contributed by atoms with E-state index in [1.807, 2.05) is 6.07 Å². The Bertz CT molecular complexity index is 1590. The molecule has 6 aromatic rings. The number of hydrogen-bond donors (Lipinski definition) is 1. The standard InChI is InChI=1S/C34H25N/c1-2-9-25(10-3-1)29-13-6-15-31(23-29)35-32-16-7-14-30(24-32)26-19-21-28(22-20-26)34-18-8-12-27-11-4-5-17-33(27)34/h1-24,35H. The first-order chi connectivity index (χ1) is 17.3. The normalized spacial score (nSPS) is 10.9. The molecule has 0 heterocycles. The summed E-state index contributed by atoms with van der Waals surface area (Å²) in [4.78, 5) is 0. The third-order valence-electron chi connectivity index (χ3n) is 6.44. The number of rotatable bonds is 5. The van der Waals surface area contributed by atoms with E-state index in [9.17, 15) is 0 Å². The molecule has 1 nitrogen and oxygen atoms in total. The monoisotopic (exact) mass is 447 g/mol. The molecule has 0 aromatic heterocycles. The predicted octanol–water partition coefficient (Wildman–Crippen LogP) is 9.58. The molecule has 0 radical (unpaired) electrons. The van der Waals surface area contributed by atoms with E-state index in [-0.39, 0.29) is 0 Å². The zero-order chi connectivity index (χ0) is 23.5. The average Bonchev–Trinajstić information content (AvgIpc) is 2.94. The van der Waals surface area contributed by atoms with Crippen LogP contribution < -0.4 is 5.32 Å². The zero-order valence-corrected chi connectivity index (χ0v) is 19.4. The summed E-state index contributed by atoms with van der Waals surface area (Å²) < 4.78 is 0. The third-order valence-corrected chi connectivity index (χ3v) is 6.44. The molecule has 0 spiro atoms. The van der Waals surface area contributed by atoms with Crippen LogP contribution in [0, 0.1) is 0 Å². The molecule has 0 aliphatic heterocycles. The highest BCUT2D eigenvalue weighted by molar-refractivity contribution is 5.96. The van der Waals surface area contributed by atoms with E-state index in [1.165, 1.54) is 44.2 Å². The lowest BCUT2D eigenvalue weighted by atomic mass is 9.96. The molecule has 0 bridgehead atoms. The van der Waals surface area contributed by atoms with Crippen LogP contribution in [0.15, 0.2) is 146 Å². The van der Waals surface area contributed by atoms with Gasteiger partial charge in [-0.1, -0.05) is 121 Å². The van der Waals surface area contributed by atoms with Crippen LogP contribution in [0.5, 0.6) is 0 Å². The lowest BCUT2D eigenvalue weighted by Gasteiger charge is -2.11. The Morgan fingerprint density at radius 2 is 0.857 bits per heavy atom. The highest BCUT2D eigenvalue weighted by atomic mass is 14.9. The summed E-state index contributed by atoms with van der Waals surface area (Å²) in [7, 11) is 0. The van der Waals surface area contributed by atoms with Crippen LogP contribution in [0.3, 0.4) is 0 Å². The Labute approximate surface area is 206 Å². The Balaban J connectivity index is 1.26. The van der Waals surface area contributed by atoms with E-state index in [0.717, 1.165) is 11.4 Å². The average molecular weight is 448 g/mol. The largest absolute Gasteiger partial charge is 0.355 e. The van der Waals surface area contributed by atoms with E-state index in [2.05, 4.69) is 145 Å². The molecule has 0 unspecified atom stereocenters. The van der Waals surface area contributed by atoms with E-state index in [1.54, 1.807) is 0 Å². The Kier molecular flexibility index (Phi) is 5.58. The van der Waals surface area contributed by atoms with Gasteiger partial charge in [0.25, 0.3) is 0 Å². The first-order valence-corrected chi connectivity index (χ1v) is 11.9. The van der Waals surface area contributed by atoms with Crippen LogP contribution in [-0.4, -0.2) is 0 Å². The Morgan fingerprint density at radius 3 is 1.57 bits per heavy atom. The van der Waals surface area contributed by atoms with E-state index in [0.29, 0.717) is 0 Å². The van der Waals surface area contributed by atoms with Crippen LogP contribution in [0.2, 0.25) is 0 Å². The first kappa shape index (κ1) is 20.9. The van der Waals surface area contributed by atoms with Crippen molar-refractivity contribution >= 4 is 22.1 Å². The van der Waals surface area contributed by atoms with Crippen LogP contribution in [0.25, 0.3) is 44.2 Å². The van der Waals surface area contributed by atoms with Gasteiger partial charge < -0.3 is 5.32 Å². The molecule has 166 valence electrons. The molecule has 6 aromatic carbocycles. The number of fused-ring (bicyclic) bond motifs is 1. The summed E-state index contributed by atoms with van der Waals surface area (Å²) in [5.74, 6) is 0. The van der Waals surface area contributed by atoms with Crippen molar-refractivity contribution < 1.29 is 0 Å². The fraction of sp³-hybridized carbons (Fsp3) is 0. The molecule has 0 aliphatic rings. The third kappa shape index (κ3) is 4.45. The Hall–Kier alpha value is -4.62. The van der Waals surface area contributed by atoms with Crippen molar-refractivity contribution in [3.05, 3.63) is 146 Å². The molecule has 0 fully saturated rings. The van der Waals surface area contributed by atoms with Gasteiger partial charge in [-0.25, -0.2) is 0 Å². The molecular weight excluding hydrogens is 422 g/mol. The first-order valence-electron chi connectivity index (χ1n) is 11.9. The molecular formula is C34H25N. The van der Waals surface area contributed by atoms with Crippen LogP contribution in [0.4, 0.5) is 11.4 Å². The summed E-state index contributed by atoms with van der Waals surface area (Å²) in [6.07, 6.45) is 0. The fourth-order valence-electron chi connectivity index (χ4n) is 4.67. The van der Waals surface area contributed by atoms with Crippen molar-refractivity contribution in [2.24, 2.45) is 0 Å². The van der Waals surface area contributed by atoms with Gasteiger partial charge in [-0.2, -0.15) is 0 Å². The van der Waals surface area contributed by atoms with E-state index in [4.69, 9.17) is 0 Å². The second-order valence-corrected chi connectivity index (χ2v) is 8.76. The molecule has 1 N–H and O–H groups in total. The molecule has 1 heteroatoms. The maximum absolute atomic E-state index is 3.58. The number of hydrogen-bond acceptors (Lipinski definition) is 1. The van der Waals surface area contributed by atoms with Gasteiger partial charge in [0.1, 0.15) is 0 Å². The van der Waals surface area contributed by atoms with E-state index >= 15 is 0 Å². The second-order valence-electron chi connectivity index (χ2n) is 8.76. The van der Waals surface area contributed by atoms with Crippen LogP contribution >= 0.6 is 0 Å². The van der Waals surface area contributed by atoms with E-state index < -0.39 is 0 Å². The van der Waals surface area contributed by atoms with Gasteiger partial charge in [0.2, 0.25) is 0 Å². The van der Waals surface area contributed by atoms with Gasteiger partial charge in [0, 0.05) is 11.4 Å². The molecule has 0 aliphatic carbocycles. The fourth-order valence-corrected chi connectivity index (χ4v) is 4.67. The summed E-state index contributed by atoms with van der Waals surface area (Å²) in [6, 6.07) is 51.6. The number of nitrogens with one attached hydrogen (secondary N) is 1. The highest BCUT2D eigenvalue weighted by Crippen LogP contribution is 2.32. The van der Waals surface area contributed by atoms with Gasteiger partial charge in [-0.05, 0) is 68.4 Å². The molecule has 0 saturated heterocycles. The minimum absolute atomic E-state index is 1.07. The topological polar surface area (TPSA) is 12.0 Å². The lowest BCUT2D eigenvalue weighted by Crippen LogP contribution is -1.91. The van der Waals surface area contributed by atoms with Crippen molar-refractivity contribution in [2.45, 2.75) is 0 Å². The maximum atomic E-state index is 3.58. The zero-order valence-electron chi connectivity index (χ0n) is 19.4. The summed E-state index contributed by atoms with van der Waals surface area (Å²) in [6.45, 7) is 0. The quantitative estimate of drug-likeness (QED) is 0.277. The lowest BCUT2D eigenvalue weighted by molar-refractivity contribution is 1.53. The molecule has 0 amide bonds. The SMILES string of the molecule is c1ccc(-c2cccc(Nc3cccc(-c4ccc(-c5cccc6ccccc56)cc4)c3)c2)cc1. The van der Waals surface area contributed by atoms with Crippen molar-refractivity contribution in [1.29, 1.82) is 0 Å². The minimum atomic E-state index is 1.07. The van der Waals surface area contributed by atoms with Crippen molar-refractivity contribution in [2.75, 3.05) is 5.32 Å². The van der Waals surface area contributed by atoms with Gasteiger partial charge in [0.05, 0.1) is 0 Å². The van der Waals surface area contributed by atoms with Gasteiger partial charge in [0.15, 0.2) is 0 Å². The maximum Gasteiger partial charge on any atom is 0.0390 e. The number of anilines is 2. The van der Waals surface area contributed by atoms with Crippen molar-refractivity contribution in [1.82, 2.24) is 0 Å². The summed E-state index contributed by atoms with van der Waals surface area (Å²) in [5.41, 5.74) is 9.47. The molecule has 0 atom stereocenters. The number of benzene rings is 6. The second kappa shape index (κ2) is 9.32. The molecule has 6 rings (SSSR count). The van der Waals surface area contributed by atoms with Gasteiger partial charge in [-0.15, -0.1) is 0 Å². The van der Waals surface area contributed by atoms with Crippen LogP contribution in [0.1, 0.15) is 0 Å². The van der Waals surface area contributed by atoms with Crippen molar-refractivity contribution in [3.63, 3.8) is 0 Å². The Morgan fingerprint density at radius 1 is 0.343 bits per heavy atom. The minimum Gasteiger partial charge on any atom is -0.355 e. The highest BCUT2D eigenvalue weighted by Gasteiger charge is 2.06. The summed E-state index contributed by atoms with van der Waals surface area (Å²) >= 11 is 0. The van der Waals surface area contributed by atoms with Gasteiger partial charge in [-0.3, -0.25) is 0 Å². The van der Waals surface area contributed by atoms with Gasteiger partial charge >= 0.3 is 0 Å².